The van der Waals surface area contributed by atoms with Gasteiger partial charge < -0.3 is 10.1 Å². The first-order valence-corrected chi connectivity index (χ1v) is 13.9. The van der Waals surface area contributed by atoms with Crippen LogP contribution in [0, 0.1) is 0 Å². The van der Waals surface area contributed by atoms with Gasteiger partial charge in [0.15, 0.2) is 5.16 Å². The van der Waals surface area contributed by atoms with E-state index < -0.39 is 0 Å². The van der Waals surface area contributed by atoms with Gasteiger partial charge in [-0.2, -0.15) is 0 Å². The molecule has 0 bridgehead atoms. The number of hydrogen-bond acceptors (Lipinski definition) is 8. The highest BCUT2D eigenvalue weighted by Crippen LogP contribution is 2.39. The quantitative estimate of drug-likeness (QED) is 0.233. The fraction of sp³-hybridized carbons (Fsp3) is 0.304. The molecule has 0 fully saturated rings. The summed E-state index contributed by atoms with van der Waals surface area (Å²) >= 11 is 10.3. The Labute approximate surface area is 213 Å². The van der Waals surface area contributed by atoms with Crippen LogP contribution in [-0.4, -0.2) is 38.8 Å². The predicted molar refractivity (Wildman–Crippen MR) is 138 cm³/mol. The lowest BCUT2D eigenvalue weighted by Gasteiger charge is -2.12. The maximum absolute atomic E-state index is 12.9. The third-order valence-electron chi connectivity index (χ3n) is 5.50. The number of carbonyl (C=O) groups excluding carboxylic acids is 2. The molecule has 0 aliphatic heterocycles. The van der Waals surface area contributed by atoms with E-state index in [1.54, 1.807) is 6.92 Å². The first-order valence-electron chi connectivity index (χ1n) is 10.9. The van der Waals surface area contributed by atoms with Crippen molar-refractivity contribution in [1.29, 1.82) is 0 Å². The van der Waals surface area contributed by atoms with Crippen molar-refractivity contribution in [3.05, 3.63) is 50.7 Å². The van der Waals surface area contributed by atoms with E-state index in [4.69, 9.17) is 16.3 Å². The molecular weight excluding hydrogens is 512 g/mol. The van der Waals surface area contributed by atoms with Crippen LogP contribution in [0.5, 0.6) is 0 Å². The van der Waals surface area contributed by atoms with Gasteiger partial charge in [-0.3, -0.25) is 9.20 Å². The zero-order chi connectivity index (χ0) is 23.7. The fourth-order valence-electron chi connectivity index (χ4n) is 3.98. The number of halogens is 1. The number of thiophene rings is 1. The number of thioether (sulfide) groups is 1. The van der Waals surface area contributed by atoms with Crippen molar-refractivity contribution in [2.45, 2.75) is 37.8 Å². The Kier molecular flexibility index (Phi) is 6.91. The number of nitrogens with zero attached hydrogens (tertiary/aromatic N) is 3. The minimum absolute atomic E-state index is 0.140. The second-order valence-electron chi connectivity index (χ2n) is 7.70. The Morgan fingerprint density at radius 3 is 2.79 bits per heavy atom. The average Bonchev–Trinajstić information content (AvgIpc) is 3.52. The van der Waals surface area contributed by atoms with Crippen LogP contribution in [0.4, 0.5) is 5.00 Å². The highest BCUT2D eigenvalue weighted by Gasteiger charge is 2.27. The Morgan fingerprint density at radius 2 is 2.00 bits per heavy atom. The molecule has 1 amide bonds. The van der Waals surface area contributed by atoms with Gasteiger partial charge in [0.2, 0.25) is 10.9 Å². The average molecular weight is 533 g/mol. The van der Waals surface area contributed by atoms with E-state index in [1.807, 2.05) is 34.0 Å². The molecule has 0 unspecified atom stereocenters. The largest absolute Gasteiger partial charge is 0.462 e. The van der Waals surface area contributed by atoms with Crippen molar-refractivity contribution >= 4 is 67.9 Å². The van der Waals surface area contributed by atoms with E-state index in [1.165, 1.54) is 39.3 Å². The number of nitrogens with one attached hydrogen (secondary N) is 1. The van der Waals surface area contributed by atoms with E-state index in [0.29, 0.717) is 27.4 Å². The molecule has 1 N–H and O–H groups in total. The Bertz CT molecular complexity index is 1360. The highest BCUT2D eigenvalue weighted by atomic mass is 35.5. The summed E-state index contributed by atoms with van der Waals surface area (Å²) in [7, 11) is 0. The van der Waals surface area contributed by atoms with E-state index in [9.17, 15) is 9.59 Å². The fourth-order valence-corrected chi connectivity index (χ4v) is 7.04. The lowest BCUT2D eigenvalue weighted by Crippen LogP contribution is -2.17. The molecule has 34 heavy (non-hydrogen) atoms. The summed E-state index contributed by atoms with van der Waals surface area (Å²) in [6.07, 6.45) is 3.91. The minimum atomic E-state index is -0.366. The van der Waals surface area contributed by atoms with E-state index >= 15 is 0 Å². The lowest BCUT2D eigenvalue weighted by molar-refractivity contribution is -0.113. The summed E-state index contributed by atoms with van der Waals surface area (Å²) in [6.45, 7) is 2.08. The Morgan fingerprint density at radius 1 is 1.21 bits per heavy atom. The van der Waals surface area contributed by atoms with Crippen LogP contribution in [0.25, 0.3) is 16.2 Å². The smallest absolute Gasteiger partial charge is 0.341 e. The van der Waals surface area contributed by atoms with Gasteiger partial charge in [-0.25, -0.2) is 4.79 Å². The second-order valence-corrected chi connectivity index (χ2v) is 11.0. The Balaban J connectivity index is 1.34. The van der Waals surface area contributed by atoms with Crippen LogP contribution >= 0.6 is 46.0 Å². The van der Waals surface area contributed by atoms with Gasteiger partial charge in [-0.1, -0.05) is 35.5 Å². The molecular formula is C23H21ClN4O3S3. The summed E-state index contributed by atoms with van der Waals surface area (Å²) in [5, 5.41) is 15.4. The molecule has 1 aromatic carbocycles. The van der Waals surface area contributed by atoms with Gasteiger partial charge >= 0.3 is 5.97 Å². The molecule has 11 heteroatoms. The topological polar surface area (TPSA) is 85.6 Å². The number of hydrogen-bond donors (Lipinski definition) is 1. The molecule has 1 aliphatic carbocycles. The number of benzene rings is 1. The Hall–Kier alpha value is -2.40. The van der Waals surface area contributed by atoms with Crippen LogP contribution < -0.4 is 5.32 Å². The van der Waals surface area contributed by atoms with Crippen LogP contribution in [0.1, 0.15) is 40.6 Å². The van der Waals surface area contributed by atoms with Crippen molar-refractivity contribution in [1.82, 2.24) is 14.6 Å². The van der Waals surface area contributed by atoms with Crippen LogP contribution in [0.15, 0.2) is 34.8 Å². The number of fused-ring (bicyclic) bond motifs is 2. The summed E-state index contributed by atoms with van der Waals surface area (Å²) in [6, 6.07) is 7.57. The molecule has 0 saturated heterocycles. The summed E-state index contributed by atoms with van der Waals surface area (Å²) in [4.78, 5) is 27.4. The third-order valence-corrected chi connectivity index (χ3v) is 8.70. The molecule has 3 aromatic heterocycles. The maximum atomic E-state index is 12.9. The summed E-state index contributed by atoms with van der Waals surface area (Å²) in [5.41, 5.74) is 3.49. The molecule has 5 rings (SSSR count). The number of esters is 1. The van der Waals surface area contributed by atoms with Crippen molar-refractivity contribution in [3.8, 4) is 11.3 Å². The number of amides is 1. The highest BCUT2D eigenvalue weighted by molar-refractivity contribution is 7.99. The van der Waals surface area contributed by atoms with Crippen molar-refractivity contribution in [3.63, 3.8) is 0 Å². The summed E-state index contributed by atoms with van der Waals surface area (Å²) < 4.78 is 7.22. The normalized spacial score (nSPS) is 13.1. The van der Waals surface area contributed by atoms with Gasteiger partial charge in [0.1, 0.15) is 5.00 Å². The van der Waals surface area contributed by atoms with E-state index in [-0.39, 0.29) is 17.6 Å². The van der Waals surface area contributed by atoms with Crippen molar-refractivity contribution in [2.24, 2.45) is 0 Å². The zero-order valence-corrected chi connectivity index (χ0v) is 21.5. The van der Waals surface area contributed by atoms with Gasteiger partial charge in [-0.15, -0.1) is 32.9 Å². The number of thiazole rings is 1. The van der Waals surface area contributed by atoms with E-state index in [0.717, 1.165) is 47.5 Å². The molecule has 3 heterocycles. The first-order chi connectivity index (χ1) is 16.5. The van der Waals surface area contributed by atoms with Gasteiger partial charge in [0.25, 0.3) is 0 Å². The lowest BCUT2D eigenvalue weighted by atomic mass is 9.95. The molecule has 0 spiro atoms. The van der Waals surface area contributed by atoms with Crippen molar-refractivity contribution < 1.29 is 14.3 Å². The molecule has 4 aromatic rings. The minimum Gasteiger partial charge on any atom is -0.462 e. The molecule has 0 atom stereocenters. The molecule has 1 aliphatic rings. The first kappa shape index (κ1) is 23.3. The molecule has 0 saturated carbocycles. The number of aryl methyl sites for hydroxylation is 1. The SMILES string of the molecule is CCOC(=O)c1c(NC(=O)CSc2nnc3scc(-c4ccc(Cl)cc4)n23)sc2c1CCCC2. The number of anilines is 1. The van der Waals surface area contributed by atoms with Gasteiger partial charge in [0.05, 0.1) is 23.6 Å². The number of carbonyl (C=O) groups is 2. The third kappa shape index (κ3) is 4.59. The second kappa shape index (κ2) is 10.1. The number of ether oxygens (including phenoxy) is 1. The molecule has 0 radical (unpaired) electrons. The number of aromatic nitrogens is 3. The molecule has 176 valence electrons. The zero-order valence-electron chi connectivity index (χ0n) is 18.3. The van der Waals surface area contributed by atoms with Crippen LogP contribution in [0.2, 0.25) is 5.02 Å². The predicted octanol–water partition coefficient (Wildman–Crippen LogP) is 5.96. The maximum Gasteiger partial charge on any atom is 0.341 e. The standard InChI is InChI=1S/C23H21ClN4O3S3/c1-2-31-21(30)19-15-5-3-4-6-17(15)34-20(19)25-18(29)12-33-23-27-26-22-28(23)16(11-32-22)13-7-9-14(24)10-8-13/h7-11H,2-6,12H2,1H3,(H,25,29). The van der Waals surface area contributed by atoms with Gasteiger partial charge in [-0.05, 0) is 55.9 Å². The molecule has 7 nitrogen and oxygen atoms in total. The van der Waals surface area contributed by atoms with Crippen LogP contribution in [0.3, 0.4) is 0 Å². The summed E-state index contributed by atoms with van der Waals surface area (Å²) in [5.74, 6) is -0.425. The number of rotatable bonds is 7. The van der Waals surface area contributed by atoms with E-state index in [2.05, 4.69) is 15.5 Å². The van der Waals surface area contributed by atoms with Crippen molar-refractivity contribution in [2.75, 3.05) is 17.7 Å². The van der Waals surface area contributed by atoms with Crippen LogP contribution in [-0.2, 0) is 22.4 Å². The monoisotopic (exact) mass is 532 g/mol. The van der Waals surface area contributed by atoms with Gasteiger partial charge in [0, 0.05) is 15.3 Å².